The molecule has 5 nitrogen and oxygen atoms in total. The standard InChI is InChI=1S/C9H16ClN3O2/c1-7(15-3)9-12-11-8(6-10)13(9)4-5-14-2/h7H,4-6H2,1-3H3. The van der Waals surface area contributed by atoms with E-state index < -0.39 is 0 Å². The summed E-state index contributed by atoms with van der Waals surface area (Å²) in [6.45, 7) is 3.21. The molecule has 0 saturated carbocycles. The maximum absolute atomic E-state index is 5.77. The minimum Gasteiger partial charge on any atom is -0.383 e. The van der Waals surface area contributed by atoms with E-state index in [0.717, 1.165) is 11.6 Å². The summed E-state index contributed by atoms with van der Waals surface area (Å²) in [6.07, 6.45) is -0.0914. The van der Waals surface area contributed by atoms with Gasteiger partial charge in [-0.05, 0) is 6.92 Å². The Morgan fingerprint density at radius 2 is 2.13 bits per heavy atom. The largest absolute Gasteiger partial charge is 0.383 e. The van der Waals surface area contributed by atoms with Crippen molar-refractivity contribution >= 4 is 11.6 Å². The van der Waals surface area contributed by atoms with Crippen LogP contribution in [0.15, 0.2) is 0 Å². The molecule has 1 rings (SSSR count). The summed E-state index contributed by atoms with van der Waals surface area (Å²) in [5.41, 5.74) is 0. The molecule has 0 saturated heterocycles. The molecular formula is C9H16ClN3O2. The molecule has 86 valence electrons. The third-order valence-electron chi connectivity index (χ3n) is 2.21. The van der Waals surface area contributed by atoms with E-state index >= 15 is 0 Å². The Bertz CT molecular complexity index is 304. The number of hydrogen-bond acceptors (Lipinski definition) is 4. The molecule has 1 aromatic rings. The number of hydrogen-bond donors (Lipinski definition) is 0. The van der Waals surface area contributed by atoms with Crippen LogP contribution in [0.2, 0.25) is 0 Å². The van der Waals surface area contributed by atoms with Gasteiger partial charge in [-0.25, -0.2) is 0 Å². The van der Waals surface area contributed by atoms with Crippen LogP contribution < -0.4 is 0 Å². The highest BCUT2D eigenvalue weighted by atomic mass is 35.5. The third-order valence-corrected chi connectivity index (χ3v) is 2.45. The Morgan fingerprint density at radius 3 is 2.67 bits per heavy atom. The first-order valence-electron chi connectivity index (χ1n) is 4.74. The summed E-state index contributed by atoms with van der Waals surface area (Å²) >= 11 is 5.77. The maximum Gasteiger partial charge on any atom is 0.162 e. The average molecular weight is 234 g/mol. The van der Waals surface area contributed by atoms with E-state index in [0.29, 0.717) is 19.0 Å². The predicted octanol–water partition coefficient (Wildman–Crippen LogP) is 1.37. The van der Waals surface area contributed by atoms with Gasteiger partial charge in [0.15, 0.2) is 5.82 Å². The summed E-state index contributed by atoms with van der Waals surface area (Å²) in [5, 5.41) is 8.06. The van der Waals surface area contributed by atoms with Crippen LogP contribution in [-0.2, 0) is 21.9 Å². The lowest BCUT2D eigenvalue weighted by molar-refractivity contribution is 0.105. The van der Waals surface area contributed by atoms with Crippen LogP contribution in [-0.4, -0.2) is 35.6 Å². The second-order valence-electron chi connectivity index (χ2n) is 3.13. The predicted molar refractivity (Wildman–Crippen MR) is 56.9 cm³/mol. The van der Waals surface area contributed by atoms with E-state index in [1.807, 2.05) is 11.5 Å². The zero-order valence-corrected chi connectivity index (χ0v) is 9.99. The van der Waals surface area contributed by atoms with Crippen molar-refractivity contribution in [1.29, 1.82) is 0 Å². The lowest BCUT2D eigenvalue weighted by Crippen LogP contribution is -2.13. The average Bonchev–Trinajstić information content (AvgIpc) is 2.67. The number of ether oxygens (including phenoxy) is 2. The molecule has 0 N–H and O–H groups in total. The minimum atomic E-state index is -0.0914. The molecular weight excluding hydrogens is 218 g/mol. The van der Waals surface area contributed by atoms with E-state index in [-0.39, 0.29) is 6.10 Å². The van der Waals surface area contributed by atoms with E-state index in [1.165, 1.54) is 0 Å². The molecule has 0 aliphatic rings. The van der Waals surface area contributed by atoms with Gasteiger partial charge in [-0.3, -0.25) is 0 Å². The zero-order chi connectivity index (χ0) is 11.3. The molecule has 6 heteroatoms. The molecule has 1 unspecified atom stereocenters. The van der Waals surface area contributed by atoms with Crippen LogP contribution in [0.1, 0.15) is 24.7 Å². The molecule has 0 aliphatic carbocycles. The Labute approximate surface area is 94.3 Å². The molecule has 0 aromatic carbocycles. The monoisotopic (exact) mass is 233 g/mol. The van der Waals surface area contributed by atoms with Crippen molar-refractivity contribution in [2.75, 3.05) is 20.8 Å². The fourth-order valence-electron chi connectivity index (χ4n) is 1.28. The molecule has 0 bridgehead atoms. The quantitative estimate of drug-likeness (QED) is 0.697. The van der Waals surface area contributed by atoms with Crippen LogP contribution in [0.5, 0.6) is 0 Å². The first kappa shape index (κ1) is 12.4. The molecule has 15 heavy (non-hydrogen) atoms. The van der Waals surface area contributed by atoms with Gasteiger partial charge >= 0.3 is 0 Å². The molecule has 0 fully saturated rings. The summed E-state index contributed by atoms with van der Waals surface area (Å²) in [4.78, 5) is 0. The van der Waals surface area contributed by atoms with Crippen molar-refractivity contribution in [1.82, 2.24) is 14.8 Å². The summed E-state index contributed by atoms with van der Waals surface area (Å²) in [6, 6.07) is 0. The van der Waals surface area contributed by atoms with E-state index in [4.69, 9.17) is 21.1 Å². The van der Waals surface area contributed by atoms with Crippen LogP contribution in [0.4, 0.5) is 0 Å². The smallest absolute Gasteiger partial charge is 0.162 e. The van der Waals surface area contributed by atoms with Gasteiger partial charge in [-0.1, -0.05) is 0 Å². The van der Waals surface area contributed by atoms with Crippen LogP contribution in [0.25, 0.3) is 0 Å². The molecule has 1 heterocycles. The number of alkyl halides is 1. The highest BCUT2D eigenvalue weighted by Gasteiger charge is 2.16. The summed E-state index contributed by atoms with van der Waals surface area (Å²) in [5.74, 6) is 1.87. The lowest BCUT2D eigenvalue weighted by atomic mass is 10.3. The number of halogens is 1. The number of aromatic nitrogens is 3. The maximum atomic E-state index is 5.77. The molecule has 1 aromatic heterocycles. The fourth-order valence-corrected chi connectivity index (χ4v) is 1.48. The Kier molecular flexibility index (Phi) is 5.01. The second-order valence-corrected chi connectivity index (χ2v) is 3.40. The second kappa shape index (κ2) is 6.05. The van der Waals surface area contributed by atoms with Gasteiger partial charge in [-0.2, -0.15) is 0 Å². The van der Waals surface area contributed by atoms with Crippen molar-refractivity contribution in [2.24, 2.45) is 0 Å². The lowest BCUT2D eigenvalue weighted by Gasteiger charge is -2.12. The topological polar surface area (TPSA) is 49.2 Å². The van der Waals surface area contributed by atoms with Gasteiger partial charge in [0.25, 0.3) is 0 Å². The normalized spacial score (nSPS) is 13.1. The van der Waals surface area contributed by atoms with Gasteiger partial charge in [0, 0.05) is 20.8 Å². The highest BCUT2D eigenvalue weighted by molar-refractivity contribution is 6.16. The first-order chi connectivity index (χ1) is 7.24. The van der Waals surface area contributed by atoms with Gasteiger partial charge in [0.2, 0.25) is 0 Å². The fraction of sp³-hybridized carbons (Fsp3) is 0.778. The number of nitrogens with zero attached hydrogens (tertiary/aromatic N) is 3. The summed E-state index contributed by atoms with van der Waals surface area (Å²) < 4.78 is 12.2. The highest BCUT2D eigenvalue weighted by Crippen LogP contribution is 2.15. The van der Waals surface area contributed by atoms with Gasteiger partial charge in [0.1, 0.15) is 11.9 Å². The Balaban J connectivity index is 2.89. The van der Waals surface area contributed by atoms with Crippen molar-refractivity contribution in [2.45, 2.75) is 25.5 Å². The van der Waals surface area contributed by atoms with Crippen molar-refractivity contribution < 1.29 is 9.47 Å². The van der Waals surface area contributed by atoms with Crippen molar-refractivity contribution in [3.63, 3.8) is 0 Å². The third kappa shape index (κ3) is 2.90. The molecule has 0 spiro atoms. The van der Waals surface area contributed by atoms with Gasteiger partial charge in [-0.15, -0.1) is 21.8 Å². The molecule has 0 aliphatic heterocycles. The molecule has 0 amide bonds. The van der Waals surface area contributed by atoms with Crippen molar-refractivity contribution in [3.8, 4) is 0 Å². The first-order valence-corrected chi connectivity index (χ1v) is 5.27. The minimum absolute atomic E-state index is 0.0914. The number of methoxy groups -OCH3 is 2. The van der Waals surface area contributed by atoms with Crippen LogP contribution >= 0.6 is 11.6 Å². The van der Waals surface area contributed by atoms with Crippen molar-refractivity contribution in [3.05, 3.63) is 11.6 Å². The Morgan fingerprint density at radius 1 is 1.40 bits per heavy atom. The van der Waals surface area contributed by atoms with Gasteiger partial charge in [0.05, 0.1) is 12.5 Å². The SMILES string of the molecule is COCCn1c(CCl)nnc1C(C)OC. The van der Waals surface area contributed by atoms with E-state index in [2.05, 4.69) is 10.2 Å². The summed E-state index contributed by atoms with van der Waals surface area (Å²) in [7, 11) is 3.30. The number of rotatable bonds is 6. The van der Waals surface area contributed by atoms with E-state index in [1.54, 1.807) is 14.2 Å². The zero-order valence-electron chi connectivity index (χ0n) is 9.23. The Hall–Kier alpha value is -0.650. The van der Waals surface area contributed by atoms with Gasteiger partial charge < -0.3 is 14.0 Å². The molecule has 0 radical (unpaired) electrons. The van der Waals surface area contributed by atoms with Crippen LogP contribution in [0.3, 0.4) is 0 Å². The van der Waals surface area contributed by atoms with Crippen LogP contribution in [0, 0.1) is 0 Å². The molecule has 1 atom stereocenters. The van der Waals surface area contributed by atoms with E-state index in [9.17, 15) is 0 Å².